The highest BCUT2D eigenvalue weighted by atomic mass is 16.5. The van der Waals surface area contributed by atoms with Gasteiger partial charge in [-0.3, -0.25) is 4.79 Å². The summed E-state index contributed by atoms with van der Waals surface area (Å²) in [6, 6.07) is 3.70. The number of carbonyl (C=O) groups excluding carboxylic acids is 1. The van der Waals surface area contributed by atoms with E-state index in [-0.39, 0.29) is 18.1 Å². The second kappa shape index (κ2) is 7.27. The third-order valence-corrected chi connectivity index (χ3v) is 4.49. The number of aliphatic hydroxyl groups excluding tert-OH is 1. The van der Waals surface area contributed by atoms with E-state index < -0.39 is 6.10 Å². The van der Waals surface area contributed by atoms with E-state index in [2.05, 4.69) is 5.32 Å². The molecule has 0 saturated heterocycles. The number of carbonyl (C=O) groups is 1. The molecule has 1 aliphatic rings. The van der Waals surface area contributed by atoms with Gasteiger partial charge in [-0.25, -0.2) is 4.79 Å². The Morgan fingerprint density at radius 2 is 2.12 bits per heavy atom. The van der Waals surface area contributed by atoms with Gasteiger partial charge in [-0.1, -0.05) is 0 Å². The Balaban J connectivity index is 1.95. The fraction of sp³-hybridized carbons (Fsp3) is 0.474. The van der Waals surface area contributed by atoms with Crippen LogP contribution in [0.25, 0.3) is 11.0 Å². The highest BCUT2D eigenvalue weighted by Crippen LogP contribution is 2.35. The van der Waals surface area contributed by atoms with Crippen molar-refractivity contribution in [2.45, 2.75) is 45.6 Å². The second-order valence-electron chi connectivity index (χ2n) is 6.46. The van der Waals surface area contributed by atoms with Crippen LogP contribution in [0.4, 0.5) is 0 Å². The molecule has 1 atom stereocenters. The van der Waals surface area contributed by atoms with Crippen LogP contribution in [-0.2, 0) is 17.6 Å². The lowest BCUT2D eigenvalue weighted by molar-refractivity contribution is -0.127. The van der Waals surface area contributed by atoms with Crippen LogP contribution >= 0.6 is 0 Å². The number of amides is 1. The Kier molecular flexibility index (Phi) is 5.08. The molecule has 0 bridgehead atoms. The summed E-state index contributed by atoms with van der Waals surface area (Å²) in [7, 11) is 0. The smallest absolute Gasteiger partial charge is 0.339 e. The van der Waals surface area contributed by atoms with Crippen LogP contribution < -0.4 is 15.7 Å². The summed E-state index contributed by atoms with van der Waals surface area (Å²) < 4.78 is 11.4. The van der Waals surface area contributed by atoms with Crippen molar-refractivity contribution in [3.63, 3.8) is 0 Å². The van der Waals surface area contributed by atoms with Gasteiger partial charge in [0.15, 0.2) is 6.10 Å². The zero-order chi connectivity index (χ0) is 18.0. The van der Waals surface area contributed by atoms with E-state index in [9.17, 15) is 9.59 Å². The molecule has 6 heteroatoms. The lowest BCUT2D eigenvalue weighted by Gasteiger charge is -2.17. The summed E-state index contributed by atoms with van der Waals surface area (Å²) in [6.45, 7) is 4.01. The second-order valence-corrected chi connectivity index (χ2v) is 6.46. The lowest BCUT2D eigenvalue weighted by Crippen LogP contribution is -2.37. The van der Waals surface area contributed by atoms with Crippen LogP contribution in [0.5, 0.6) is 5.75 Å². The molecule has 134 valence electrons. The van der Waals surface area contributed by atoms with Gasteiger partial charge in [-0.2, -0.15) is 0 Å². The maximum atomic E-state index is 12.1. The largest absolute Gasteiger partial charge is 0.480 e. The molecule has 1 aromatic heterocycles. The maximum Gasteiger partial charge on any atom is 0.339 e. The van der Waals surface area contributed by atoms with Crippen LogP contribution in [0.15, 0.2) is 21.3 Å². The summed E-state index contributed by atoms with van der Waals surface area (Å²) in [5, 5.41) is 12.3. The fourth-order valence-electron chi connectivity index (χ4n) is 3.28. The van der Waals surface area contributed by atoms with Crippen molar-refractivity contribution < 1.29 is 19.1 Å². The minimum atomic E-state index is -0.687. The van der Waals surface area contributed by atoms with Gasteiger partial charge >= 0.3 is 5.63 Å². The van der Waals surface area contributed by atoms with Crippen LogP contribution in [0.3, 0.4) is 0 Å². The van der Waals surface area contributed by atoms with Crippen LogP contribution in [-0.4, -0.2) is 30.3 Å². The number of hydrogen-bond acceptors (Lipinski definition) is 5. The van der Waals surface area contributed by atoms with Crippen LogP contribution in [0, 0.1) is 6.92 Å². The first-order valence-electron chi connectivity index (χ1n) is 8.65. The van der Waals surface area contributed by atoms with Crippen molar-refractivity contribution in [2.75, 3.05) is 13.2 Å². The number of rotatable bonds is 6. The average molecular weight is 345 g/mol. The van der Waals surface area contributed by atoms with Gasteiger partial charge < -0.3 is 19.6 Å². The van der Waals surface area contributed by atoms with Gasteiger partial charge in [-0.15, -0.1) is 0 Å². The highest BCUT2D eigenvalue weighted by molar-refractivity contribution is 5.89. The molecule has 1 amide bonds. The molecule has 0 radical (unpaired) electrons. The van der Waals surface area contributed by atoms with E-state index in [1.807, 2.05) is 19.1 Å². The minimum absolute atomic E-state index is 0.0310. The molecule has 0 saturated carbocycles. The van der Waals surface area contributed by atoms with Gasteiger partial charge in [0.25, 0.3) is 5.91 Å². The Hall–Kier alpha value is -2.34. The number of hydrogen-bond donors (Lipinski definition) is 2. The van der Waals surface area contributed by atoms with E-state index in [0.29, 0.717) is 24.3 Å². The summed E-state index contributed by atoms with van der Waals surface area (Å²) in [4.78, 5) is 24.3. The number of benzene rings is 1. The van der Waals surface area contributed by atoms with Gasteiger partial charge in [0, 0.05) is 18.7 Å². The van der Waals surface area contributed by atoms with Crippen molar-refractivity contribution in [1.29, 1.82) is 0 Å². The van der Waals surface area contributed by atoms with E-state index in [1.54, 1.807) is 6.92 Å². The number of aliphatic hydroxyl groups is 1. The lowest BCUT2D eigenvalue weighted by atomic mass is 10.0. The minimum Gasteiger partial charge on any atom is -0.480 e. The highest BCUT2D eigenvalue weighted by Gasteiger charge is 2.24. The zero-order valence-corrected chi connectivity index (χ0v) is 14.6. The van der Waals surface area contributed by atoms with Crippen molar-refractivity contribution in [3.8, 4) is 5.75 Å². The molecule has 1 heterocycles. The number of fused-ring (bicyclic) bond motifs is 3. The van der Waals surface area contributed by atoms with E-state index in [1.165, 1.54) is 0 Å². The molecule has 1 aromatic carbocycles. The van der Waals surface area contributed by atoms with Crippen molar-refractivity contribution in [3.05, 3.63) is 39.2 Å². The molecule has 1 aliphatic carbocycles. The van der Waals surface area contributed by atoms with Gasteiger partial charge in [-0.05, 0) is 62.8 Å². The molecule has 0 spiro atoms. The van der Waals surface area contributed by atoms with Gasteiger partial charge in [0.1, 0.15) is 11.3 Å². The summed E-state index contributed by atoms with van der Waals surface area (Å²) >= 11 is 0. The molecular weight excluding hydrogens is 322 g/mol. The van der Waals surface area contributed by atoms with Crippen molar-refractivity contribution >= 4 is 16.9 Å². The average Bonchev–Trinajstić information content (AvgIpc) is 3.04. The van der Waals surface area contributed by atoms with Crippen LogP contribution in [0.1, 0.15) is 36.5 Å². The predicted octanol–water partition coefficient (Wildman–Crippen LogP) is 1.86. The molecular formula is C19H23NO5. The predicted molar refractivity (Wildman–Crippen MR) is 94.0 cm³/mol. The fourth-order valence-corrected chi connectivity index (χ4v) is 3.28. The van der Waals surface area contributed by atoms with Gasteiger partial charge in [0.05, 0.1) is 5.39 Å². The summed E-state index contributed by atoms with van der Waals surface area (Å²) in [5.74, 6) is 0.332. The number of ether oxygens (including phenoxy) is 1. The van der Waals surface area contributed by atoms with Gasteiger partial charge in [0.2, 0.25) is 0 Å². The first kappa shape index (κ1) is 17.5. The molecule has 25 heavy (non-hydrogen) atoms. The maximum absolute atomic E-state index is 12.1. The number of aryl methyl sites for hydroxylation is 2. The van der Waals surface area contributed by atoms with E-state index >= 15 is 0 Å². The molecule has 6 nitrogen and oxygen atoms in total. The Bertz CT molecular complexity index is 855. The Morgan fingerprint density at radius 1 is 1.36 bits per heavy atom. The molecule has 0 fully saturated rings. The van der Waals surface area contributed by atoms with E-state index in [4.69, 9.17) is 14.3 Å². The SMILES string of the molecule is Cc1cc(OC(C)C(=O)NCCCO)c2c3c(c(=O)oc2c1)CCC3. The molecule has 3 rings (SSSR count). The normalized spacial score (nSPS) is 14.4. The summed E-state index contributed by atoms with van der Waals surface area (Å²) in [6.07, 6.45) is 2.27. The monoisotopic (exact) mass is 345 g/mol. The third-order valence-electron chi connectivity index (χ3n) is 4.49. The quantitative estimate of drug-likeness (QED) is 0.616. The van der Waals surface area contributed by atoms with Crippen molar-refractivity contribution in [2.24, 2.45) is 0 Å². The number of nitrogens with one attached hydrogen (secondary N) is 1. The Morgan fingerprint density at radius 3 is 2.88 bits per heavy atom. The topological polar surface area (TPSA) is 88.8 Å². The Labute approximate surface area is 145 Å². The third kappa shape index (κ3) is 3.54. The first-order chi connectivity index (χ1) is 12.0. The van der Waals surface area contributed by atoms with E-state index in [0.717, 1.165) is 41.3 Å². The first-order valence-corrected chi connectivity index (χ1v) is 8.65. The zero-order valence-electron chi connectivity index (χ0n) is 14.6. The molecule has 2 N–H and O–H groups in total. The van der Waals surface area contributed by atoms with Crippen LogP contribution in [0.2, 0.25) is 0 Å². The molecule has 0 aliphatic heterocycles. The van der Waals surface area contributed by atoms with Crippen molar-refractivity contribution in [1.82, 2.24) is 5.32 Å². The standard InChI is InChI=1S/C19H23NO5/c1-11-9-15(24-12(2)18(22)20-7-4-8-21)17-13-5-3-6-14(13)19(23)25-16(17)10-11/h9-10,12,21H,3-8H2,1-2H3,(H,20,22). The molecule has 1 unspecified atom stereocenters. The summed E-state index contributed by atoms with van der Waals surface area (Å²) in [5.41, 5.74) is 2.84. The molecule has 2 aromatic rings.